The number of fused-ring (bicyclic) bond motifs is 1. The number of hydrogen-bond donors (Lipinski definition) is 2. The maximum Gasteiger partial charge on any atom is 0.224 e. The van der Waals surface area contributed by atoms with E-state index in [1.165, 1.54) is 38.8 Å². The number of rotatable bonds is 5. The van der Waals surface area contributed by atoms with E-state index in [0.717, 1.165) is 30.8 Å². The lowest BCUT2D eigenvalue weighted by atomic mass is 9.98. The second-order valence-electron chi connectivity index (χ2n) is 5.89. The monoisotopic (exact) mass is 275 g/mol. The molecule has 0 aromatic carbocycles. The molecule has 0 radical (unpaired) electrons. The molecular formula is C15H25N5. The van der Waals surface area contributed by atoms with Gasteiger partial charge in [0.25, 0.3) is 0 Å². The van der Waals surface area contributed by atoms with Gasteiger partial charge in [-0.1, -0.05) is 6.92 Å². The average molecular weight is 275 g/mol. The molecule has 1 aromatic rings. The zero-order valence-corrected chi connectivity index (χ0v) is 12.3. The first-order valence-corrected chi connectivity index (χ1v) is 7.92. The first-order valence-electron chi connectivity index (χ1n) is 7.92. The van der Waals surface area contributed by atoms with Crippen molar-refractivity contribution >= 4 is 11.8 Å². The molecule has 2 unspecified atom stereocenters. The Labute approximate surface area is 121 Å². The molecule has 5 heteroatoms. The molecule has 0 bridgehead atoms. The lowest BCUT2D eigenvalue weighted by Crippen LogP contribution is -2.42. The maximum atomic E-state index is 4.54. The second-order valence-corrected chi connectivity index (χ2v) is 5.89. The topological polar surface area (TPSA) is 53.1 Å². The van der Waals surface area contributed by atoms with E-state index in [2.05, 4.69) is 32.4 Å². The van der Waals surface area contributed by atoms with Gasteiger partial charge in [-0.2, -0.15) is 4.98 Å². The first-order chi connectivity index (χ1) is 9.85. The van der Waals surface area contributed by atoms with Crippen LogP contribution >= 0.6 is 0 Å². The van der Waals surface area contributed by atoms with E-state index >= 15 is 0 Å². The molecule has 3 rings (SSSR count). The van der Waals surface area contributed by atoms with Crippen molar-refractivity contribution in [3.63, 3.8) is 0 Å². The molecule has 0 amide bonds. The molecule has 20 heavy (non-hydrogen) atoms. The molecule has 2 saturated heterocycles. The predicted octanol–water partition coefficient (Wildman–Crippen LogP) is 2.34. The fourth-order valence-corrected chi connectivity index (χ4v) is 3.33. The quantitative estimate of drug-likeness (QED) is 0.864. The van der Waals surface area contributed by atoms with Crippen molar-refractivity contribution in [1.29, 1.82) is 0 Å². The zero-order valence-electron chi connectivity index (χ0n) is 12.3. The smallest absolute Gasteiger partial charge is 0.224 e. The van der Waals surface area contributed by atoms with Crippen LogP contribution in [0.25, 0.3) is 0 Å². The zero-order chi connectivity index (χ0) is 13.8. The molecule has 2 atom stereocenters. The van der Waals surface area contributed by atoms with Gasteiger partial charge in [-0.3, -0.25) is 0 Å². The minimum Gasteiger partial charge on any atom is -0.367 e. The predicted molar refractivity (Wildman–Crippen MR) is 82.1 cm³/mol. The molecule has 1 aromatic heterocycles. The van der Waals surface area contributed by atoms with E-state index in [-0.39, 0.29) is 0 Å². The van der Waals surface area contributed by atoms with Crippen molar-refractivity contribution in [1.82, 2.24) is 14.9 Å². The third-order valence-corrected chi connectivity index (χ3v) is 4.36. The van der Waals surface area contributed by atoms with Gasteiger partial charge in [-0.25, -0.2) is 4.98 Å². The van der Waals surface area contributed by atoms with Crippen molar-refractivity contribution in [3.8, 4) is 0 Å². The van der Waals surface area contributed by atoms with Gasteiger partial charge in [-0.15, -0.1) is 0 Å². The van der Waals surface area contributed by atoms with Gasteiger partial charge in [0.2, 0.25) is 5.95 Å². The molecule has 0 saturated carbocycles. The highest BCUT2D eigenvalue weighted by Crippen LogP contribution is 2.28. The number of anilines is 2. The summed E-state index contributed by atoms with van der Waals surface area (Å²) in [5, 5.41) is 6.83. The molecule has 110 valence electrons. The molecular weight excluding hydrogens is 250 g/mol. The second kappa shape index (κ2) is 6.39. The molecule has 3 heterocycles. The standard InChI is InChI=1S/C15H25N5/c1-2-7-16-15-17-8-5-14(19-15)18-12-6-10-20-9-3-4-13(20)11-12/h5,8,12-13H,2-4,6-7,9-11H2,1H3,(H2,16,17,18,19). The van der Waals surface area contributed by atoms with Gasteiger partial charge in [-0.05, 0) is 44.7 Å². The highest BCUT2D eigenvalue weighted by Gasteiger charge is 2.31. The molecule has 0 aliphatic carbocycles. The first kappa shape index (κ1) is 13.6. The molecule has 2 aliphatic rings. The normalized spacial score (nSPS) is 26.2. The van der Waals surface area contributed by atoms with Gasteiger partial charge < -0.3 is 15.5 Å². The Hall–Kier alpha value is -1.36. The van der Waals surface area contributed by atoms with Gasteiger partial charge >= 0.3 is 0 Å². The molecule has 2 fully saturated rings. The Balaban J connectivity index is 1.57. The van der Waals surface area contributed by atoms with Crippen LogP contribution < -0.4 is 10.6 Å². The summed E-state index contributed by atoms with van der Waals surface area (Å²) in [5.74, 6) is 1.69. The molecule has 5 nitrogen and oxygen atoms in total. The van der Waals surface area contributed by atoms with E-state index in [9.17, 15) is 0 Å². The summed E-state index contributed by atoms with van der Waals surface area (Å²) >= 11 is 0. The van der Waals surface area contributed by atoms with Crippen LogP contribution in [0.4, 0.5) is 11.8 Å². The summed E-state index contributed by atoms with van der Waals surface area (Å²) in [6.45, 7) is 5.60. The minimum absolute atomic E-state index is 0.559. The van der Waals surface area contributed by atoms with E-state index < -0.39 is 0 Å². The van der Waals surface area contributed by atoms with E-state index in [4.69, 9.17) is 0 Å². The summed E-state index contributed by atoms with van der Waals surface area (Å²) in [6.07, 6.45) is 8.13. The van der Waals surface area contributed by atoms with Crippen LogP contribution in [0.2, 0.25) is 0 Å². The fraction of sp³-hybridized carbons (Fsp3) is 0.733. The van der Waals surface area contributed by atoms with Gasteiger partial charge in [0.05, 0.1) is 0 Å². The minimum atomic E-state index is 0.559. The van der Waals surface area contributed by atoms with Gasteiger partial charge in [0, 0.05) is 31.4 Å². The highest BCUT2D eigenvalue weighted by atomic mass is 15.2. The number of aromatic nitrogens is 2. The lowest BCUT2D eigenvalue weighted by Gasteiger charge is -2.35. The Bertz CT molecular complexity index is 436. The van der Waals surface area contributed by atoms with E-state index in [1.807, 2.05) is 12.3 Å². The molecule has 0 spiro atoms. The average Bonchev–Trinajstić information content (AvgIpc) is 2.93. The van der Waals surface area contributed by atoms with Gasteiger partial charge in [0.15, 0.2) is 0 Å². The van der Waals surface area contributed by atoms with Crippen LogP contribution in [0.3, 0.4) is 0 Å². The van der Waals surface area contributed by atoms with Crippen LogP contribution in [0.15, 0.2) is 12.3 Å². The third kappa shape index (κ3) is 3.20. The SMILES string of the molecule is CCCNc1nccc(NC2CCN3CCCC3C2)n1. The lowest BCUT2D eigenvalue weighted by molar-refractivity contribution is 0.188. The van der Waals surface area contributed by atoms with Crippen LogP contribution in [-0.2, 0) is 0 Å². The number of hydrogen-bond acceptors (Lipinski definition) is 5. The Kier molecular flexibility index (Phi) is 4.35. The van der Waals surface area contributed by atoms with E-state index in [1.54, 1.807) is 0 Å². The van der Waals surface area contributed by atoms with Crippen molar-refractivity contribution < 1.29 is 0 Å². The summed E-state index contributed by atoms with van der Waals surface area (Å²) in [4.78, 5) is 11.4. The van der Waals surface area contributed by atoms with Crippen LogP contribution in [0, 0.1) is 0 Å². The van der Waals surface area contributed by atoms with Gasteiger partial charge in [0.1, 0.15) is 5.82 Å². The van der Waals surface area contributed by atoms with Crippen LogP contribution in [0.1, 0.15) is 39.0 Å². The fourth-order valence-electron chi connectivity index (χ4n) is 3.33. The van der Waals surface area contributed by atoms with E-state index in [0.29, 0.717) is 6.04 Å². The molecule has 2 aliphatic heterocycles. The summed E-state index contributed by atoms with van der Waals surface area (Å²) in [7, 11) is 0. The third-order valence-electron chi connectivity index (χ3n) is 4.36. The number of nitrogens with zero attached hydrogens (tertiary/aromatic N) is 3. The maximum absolute atomic E-state index is 4.54. The van der Waals surface area contributed by atoms with Crippen molar-refractivity contribution in [2.24, 2.45) is 0 Å². The molecule has 2 N–H and O–H groups in total. The summed E-state index contributed by atoms with van der Waals surface area (Å²) in [5.41, 5.74) is 0. The highest BCUT2D eigenvalue weighted by molar-refractivity contribution is 5.40. The number of nitrogens with one attached hydrogen (secondary N) is 2. The van der Waals surface area contributed by atoms with Crippen molar-refractivity contribution in [2.75, 3.05) is 30.3 Å². The Morgan fingerprint density at radius 3 is 3.20 bits per heavy atom. The summed E-state index contributed by atoms with van der Waals surface area (Å²) in [6, 6.07) is 3.32. The van der Waals surface area contributed by atoms with Crippen LogP contribution in [-0.4, -0.2) is 46.6 Å². The van der Waals surface area contributed by atoms with Crippen molar-refractivity contribution in [3.05, 3.63) is 12.3 Å². The van der Waals surface area contributed by atoms with Crippen LogP contribution in [0.5, 0.6) is 0 Å². The van der Waals surface area contributed by atoms with Crippen molar-refractivity contribution in [2.45, 2.75) is 51.1 Å². The summed E-state index contributed by atoms with van der Waals surface area (Å²) < 4.78 is 0. The number of piperidine rings is 1. The largest absolute Gasteiger partial charge is 0.367 e. The Morgan fingerprint density at radius 2 is 2.30 bits per heavy atom. The Morgan fingerprint density at radius 1 is 1.35 bits per heavy atom.